The van der Waals surface area contributed by atoms with E-state index in [0.717, 1.165) is 35.7 Å². The van der Waals surface area contributed by atoms with Gasteiger partial charge >= 0.3 is 35.6 Å². The number of ether oxygens (including phenoxy) is 2. The number of benzene rings is 6. The van der Waals surface area contributed by atoms with E-state index < -0.39 is 86.4 Å². The van der Waals surface area contributed by atoms with Crippen LogP contribution < -0.4 is 9.47 Å². The van der Waals surface area contributed by atoms with E-state index in [1.807, 2.05) is 74.5 Å². The molecule has 350 valence electrons. The van der Waals surface area contributed by atoms with E-state index in [1.54, 1.807) is 12.1 Å². The van der Waals surface area contributed by atoms with E-state index in [2.05, 4.69) is 32.6 Å². The van der Waals surface area contributed by atoms with Crippen LogP contribution in [0.15, 0.2) is 120 Å². The molecule has 67 heavy (non-hydrogen) atoms. The Morgan fingerprint density at radius 1 is 0.552 bits per heavy atom. The molecule has 0 spiro atoms. The molecule has 0 aliphatic heterocycles. The molecule has 2 N–H and O–H groups in total. The van der Waals surface area contributed by atoms with Gasteiger partial charge in [-0.05, 0) is 35.4 Å². The summed E-state index contributed by atoms with van der Waals surface area (Å²) in [5.41, 5.74) is 0.289. The molecule has 0 bridgehead atoms. The summed E-state index contributed by atoms with van der Waals surface area (Å²) in [6, 6.07) is 24.3. The fraction of sp³-hybridized carbons (Fsp3) is 0.125. The minimum atomic E-state index is -1.74. The first kappa shape index (κ1) is 54.3. The Labute approximate surface area is 407 Å². The van der Waals surface area contributed by atoms with Gasteiger partial charge in [0.25, 0.3) is 0 Å². The zero-order valence-corrected chi connectivity index (χ0v) is 39.6. The number of aromatic hydroxyl groups is 2. The van der Waals surface area contributed by atoms with Gasteiger partial charge in [0.15, 0.2) is 34.8 Å². The Morgan fingerprint density at radius 2 is 0.851 bits per heavy atom. The van der Waals surface area contributed by atoms with Crippen LogP contribution in [0, 0.1) is 46.5 Å². The molecule has 19 heteroatoms. The molecule has 0 fully saturated rings. The fourth-order valence-corrected chi connectivity index (χ4v) is 6.69. The summed E-state index contributed by atoms with van der Waals surface area (Å²) in [5.74, 6) is -17.3. The van der Waals surface area contributed by atoms with Crippen molar-refractivity contribution >= 4 is 65.6 Å². The fourth-order valence-electron chi connectivity index (χ4n) is 6.22. The van der Waals surface area contributed by atoms with Crippen LogP contribution in [0.25, 0.3) is 0 Å². The summed E-state index contributed by atoms with van der Waals surface area (Å²) in [4.78, 5) is 7.09. The van der Waals surface area contributed by atoms with Gasteiger partial charge in [-0.3, -0.25) is 0 Å². The van der Waals surface area contributed by atoms with Crippen molar-refractivity contribution < 1.29 is 71.8 Å². The van der Waals surface area contributed by atoms with E-state index in [0.29, 0.717) is 11.1 Å². The van der Waals surface area contributed by atoms with Crippen LogP contribution >= 0.6 is 41.8 Å². The zero-order chi connectivity index (χ0) is 49.5. The molecule has 0 aromatic heterocycles. The van der Waals surface area contributed by atoms with Crippen LogP contribution in [0.3, 0.4) is 0 Å². The van der Waals surface area contributed by atoms with E-state index in [9.17, 15) is 45.3 Å². The standard InChI is InChI=1S/2C24H18ClF4NO2.2ClH.Ti/c2*1-3-9-32-24-20(28)18(26)22(19(27)21(24)29)30-12-15-10-16(25)11-17(23(15)31)13(2)14-7-5-4-6-8-14;;;/h2*3-8,10-13,31H,1,9H2,2H3;2*1H;/q;;;;+2/p-2. The average Bonchev–Trinajstić information content (AvgIpc) is 3.32. The van der Waals surface area contributed by atoms with Crippen molar-refractivity contribution in [2.45, 2.75) is 25.7 Å². The second kappa shape index (κ2) is 25.7. The van der Waals surface area contributed by atoms with Crippen molar-refractivity contribution in [1.29, 1.82) is 0 Å². The molecule has 0 aliphatic carbocycles. The first-order chi connectivity index (χ1) is 31.9. The third kappa shape index (κ3) is 13.4. The molecule has 0 saturated heterocycles. The number of hydrogen-bond donors (Lipinski definition) is 2. The summed E-state index contributed by atoms with van der Waals surface area (Å²) >= 11 is 11.7. The molecule has 0 saturated carbocycles. The van der Waals surface area contributed by atoms with Crippen LogP contribution in [0.5, 0.6) is 23.0 Å². The molecular formula is C48H36Cl4F8N2O4Ti. The predicted molar refractivity (Wildman–Crippen MR) is 244 cm³/mol. The second-order valence-electron chi connectivity index (χ2n) is 13.8. The van der Waals surface area contributed by atoms with Gasteiger partial charge in [0.1, 0.15) is 36.1 Å². The number of nitrogens with zero attached hydrogens (tertiary/aromatic N) is 2. The molecule has 0 radical (unpaired) electrons. The van der Waals surface area contributed by atoms with E-state index >= 15 is 0 Å². The van der Waals surface area contributed by atoms with Gasteiger partial charge in [0.05, 0.1) is 0 Å². The molecule has 6 nitrogen and oxygen atoms in total. The number of rotatable bonds is 14. The van der Waals surface area contributed by atoms with Crippen molar-refractivity contribution in [3.8, 4) is 23.0 Å². The van der Waals surface area contributed by atoms with Crippen LogP contribution in [-0.4, -0.2) is 35.9 Å². The molecule has 0 amide bonds. The minimum absolute atomic E-state index is 0.0156. The maximum atomic E-state index is 14.4. The Bertz CT molecular complexity index is 2530. The Hall–Kier alpha value is -5.35. The van der Waals surface area contributed by atoms with Gasteiger partial charge in [-0.2, -0.15) is 17.6 Å². The van der Waals surface area contributed by atoms with Crippen molar-refractivity contribution in [2.24, 2.45) is 9.98 Å². The molecule has 6 aromatic carbocycles. The van der Waals surface area contributed by atoms with Crippen molar-refractivity contribution in [3.63, 3.8) is 0 Å². The molecule has 2 atom stereocenters. The van der Waals surface area contributed by atoms with Crippen molar-refractivity contribution in [3.05, 3.63) is 200 Å². The molecule has 6 rings (SSSR count). The van der Waals surface area contributed by atoms with Gasteiger partial charge in [0.2, 0.25) is 23.3 Å². The van der Waals surface area contributed by atoms with Gasteiger partial charge in [-0.25, -0.2) is 27.5 Å². The van der Waals surface area contributed by atoms with E-state index in [1.165, 1.54) is 12.1 Å². The van der Waals surface area contributed by atoms with Gasteiger partial charge in [-0.1, -0.05) is 123 Å². The van der Waals surface area contributed by atoms with Crippen LogP contribution in [0.2, 0.25) is 10.0 Å². The third-order valence-corrected chi connectivity index (χ3v) is 9.99. The number of phenols is 2. The zero-order valence-electron chi connectivity index (χ0n) is 35.0. The van der Waals surface area contributed by atoms with Crippen LogP contribution in [-0.2, 0) is 17.0 Å². The summed E-state index contributed by atoms with van der Waals surface area (Å²) in [7, 11) is 9.78. The van der Waals surface area contributed by atoms with Gasteiger partial charge < -0.3 is 19.7 Å². The average molecular weight is 1050 g/mol. The summed E-state index contributed by atoms with van der Waals surface area (Å²) < 4.78 is 123. The Morgan fingerprint density at radius 3 is 1.13 bits per heavy atom. The van der Waals surface area contributed by atoms with Gasteiger partial charge in [0, 0.05) is 56.6 Å². The summed E-state index contributed by atoms with van der Waals surface area (Å²) in [6.07, 6.45) is 4.09. The summed E-state index contributed by atoms with van der Waals surface area (Å²) in [6.45, 7) is 9.57. The second-order valence-corrected chi connectivity index (χ2v) is 17.2. The van der Waals surface area contributed by atoms with E-state index in [-0.39, 0.29) is 57.7 Å². The topological polar surface area (TPSA) is 83.6 Å². The predicted octanol–water partition coefficient (Wildman–Crippen LogP) is 15.5. The van der Waals surface area contributed by atoms with Crippen molar-refractivity contribution in [2.75, 3.05) is 13.2 Å². The number of halogens is 12. The number of aliphatic imine (C=N–C) groups is 2. The first-order valence-electron chi connectivity index (χ1n) is 19.3. The maximum absolute atomic E-state index is 14.4. The van der Waals surface area contributed by atoms with Crippen LogP contribution in [0.4, 0.5) is 46.5 Å². The molecule has 6 aromatic rings. The normalized spacial score (nSPS) is 11.9. The molecular weight excluding hydrogens is 1010 g/mol. The van der Waals surface area contributed by atoms with Crippen molar-refractivity contribution in [1.82, 2.24) is 0 Å². The Balaban J connectivity index is 0.000000276. The molecule has 0 heterocycles. The summed E-state index contributed by atoms with van der Waals surface area (Å²) in [5, 5.41) is 21.9. The monoisotopic (exact) mass is 1040 g/mol. The third-order valence-electron chi connectivity index (χ3n) is 9.56. The Kier molecular flexibility index (Phi) is 20.8. The van der Waals surface area contributed by atoms with Crippen LogP contribution in [0.1, 0.15) is 59.1 Å². The first-order valence-corrected chi connectivity index (χ1v) is 24.4. The number of phenolic OH excluding ortho intramolecular Hbond substituents is 2. The molecule has 0 aliphatic rings. The quantitative estimate of drug-likeness (QED) is 0.0374. The SMILES string of the molecule is C=CCOc1c(F)c(F)c(N=Cc2cc(Cl)cc(C(C)c3ccccc3)c2O)c(F)c1F.C=CCOc1c(F)c(F)c(N=Cc2cc(Cl)cc(C(C)c3ccccc3)c2O)c(F)c1F.[Cl][Ti][Cl]. The van der Waals surface area contributed by atoms with E-state index in [4.69, 9.17) is 41.8 Å². The number of hydrogen-bond acceptors (Lipinski definition) is 6. The molecule has 2 unspecified atom stereocenters. The van der Waals surface area contributed by atoms with Gasteiger partial charge in [-0.15, -0.1) is 0 Å².